The first-order valence-electron chi connectivity index (χ1n) is 8.61. The van der Waals surface area contributed by atoms with Gasteiger partial charge in [-0.2, -0.15) is 0 Å². The molecule has 0 spiro atoms. The van der Waals surface area contributed by atoms with Gasteiger partial charge in [-0.15, -0.1) is 0 Å². The van der Waals surface area contributed by atoms with E-state index in [2.05, 4.69) is 4.74 Å². The molecule has 1 heterocycles. The standard InChI is InChI=1S/C18H20F4N2O3/c1-27-17(26)15-7-18(21,22)8-24(15)16(25)6-14(23)10-3-2-9-4-12(19)13(20)5-11(9)10/h4-5,10,14-15H,2-3,6-8,23H2,1H3. The van der Waals surface area contributed by atoms with Gasteiger partial charge in [0, 0.05) is 24.8 Å². The van der Waals surface area contributed by atoms with E-state index in [-0.39, 0.29) is 6.42 Å². The van der Waals surface area contributed by atoms with E-state index in [4.69, 9.17) is 5.73 Å². The Hall–Kier alpha value is -2.16. The molecule has 2 N–H and O–H groups in total. The van der Waals surface area contributed by atoms with Crippen LogP contribution in [-0.2, 0) is 20.7 Å². The zero-order valence-electron chi connectivity index (χ0n) is 14.7. The highest BCUT2D eigenvalue weighted by Gasteiger charge is 2.50. The smallest absolute Gasteiger partial charge is 0.328 e. The van der Waals surface area contributed by atoms with E-state index in [0.717, 1.165) is 24.1 Å². The molecule has 1 aromatic rings. The Morgan fingerprint density at radius 1 is 1.33 bits per heavy atom. The molecular formula is C18H20F4N2O3. The van der Waals surface area contributed by atoms with Gasteiger partial charge in [0.15, 0.2) is 11.6 Å². The number of ether oxygens (including phenoxy) is 1. The van der Waals surface area contributed by atoms with Gasteiger partial charge in [0.05, 0.1) is 13.7 Å². The van der Waals surface area contributed by atoms with Crippen LogP contribution in [0.3, 0.4) is 0 Å². The molecule has 1 aliphatic heterocycles. The molecule has 3 atom stereocenters. The quantitative estimate of drug-likeness (QED) is 0.634. The van der Waals surface area contributed by atoms with E-state index in [1.807, 2.05) is 0 Å². The molecule has 0 bridgehead atoms. The van der Waals surface area contributed by atoms with Gasteiger partial charge < -0.3 is 15.4 Å². The number of carbonyl (C=O) groups excluding carboxylic acids is 2. The Balaban J connectivity index is 1.73. The van der Waals surface area contributed by atoms with Crippen molar-refractivity contribution in [1.82, 2.24) is 4.90 Å². The van der Waals surface area contributed by atoms with Gasteiger partial charge in [0.1, 0.15) is 6.04 Å². The van der Waals surface area contributed by atoms with Crippen LogP contribution in [0, 0.1) is 11.6 Å². The molecule has 27 heavy (non-hydrogen) atoms. The summed E-state index contributed by atoms with van der Waals surface area (Å²) in [5.74, 6) is -7.11. The van der Waals surface area contributed by atoms with Crippen LogP contribution in [0.5, 0.6) is 0 Å². The minimum absolute atomic E-state index is 0.285. The number of carbonyl (C=O) groups is 2. The summed E-state index contributed by atoms with van der Waals surface area (Å²) < 4.78 is 58.8. The molecule has 1 aliphatic carbocycles. The highest BCUT2D eigenvalue weighted by Crippen LogP contribution is 2.38. The first-order chi connectivity index (χ1) is 12.6. The van der Waals surface area contributed by atoms with Gasteiger partial charge in [-0.05, 0) is 36.1 Å². The molecule has 0 saturated carbocycles. The number of benzene rings is 1. The largest absolute Gasteiger partial charge is 0.467 e. The Labute approximate surface area is 153 Å². The number of fused-ring (bicyclic) bond motifs is 1. The minimum Gasteiger partial charge on any atom is -0.467 e. The third-order valence-electron chi connectivity index (χ3n) is 5.30. The molecule has 1 fully saturated rings. The summed E-state index contributed by atoms with van der Waals surface area (Å²) in [6, 6.07) is 0.0739. The van der Waals surface area contributed by atoms with Crippen molar-refractivity contribution >= 4 is 11.9 Å². The number of nitrogens with zero attached hydrogens (tertiary/aromatic N) is 1. The van der Waals surface area contributed by atoms with Crippen LogP contribution in [0.4, 0.5) is 17.6 Å². The lowest BCUT2D eigenvalue weighted by molar-refractivity contribution is -0.151. The van der Waals surface area contributed by atoms with E-state index in [0.29, 0.717) is 24.0 Å². The molecule has 1 amide bonds. The van der Waals surface area contributed by atoms with Crippen molar-refractivity contribution in [3.8, 4) is 0 Å². The fourth-order valence-corrected chi connectivity index (χ4v) is 3.96. The van der Waals surface area contributed by atoms with Crippen molar-refractivity contribution in [3.05, 3.63) is 34.9 Å². The fraction of sp³-hybridized carbons (Fsp3) is 0.556. The highest BCUT2D eigenvalue weighted by molar-refractivity contribution is 5.85. The van der Waals surface area contributed by atoms with Crippen molar-refractivity contribution in [2.45, 2.75) is 49.6 Å². The van der Waals surface area contributed by atoms with Crippen molar-refractivity contribution < 1.29 is 31.9 Å². The number of alkyl halides is 2. The molecule has 3 rings (SSSR count). The summed E-state index contributed by atoms with van der Waals surface area (Å²) in [6.07, 6.45) is -0.0843. The maximum Gasteiger partial charge on any atom is 0.328 e. The second-order valence-corrected chi connectivity index (χ2v) is 7.10. The average Bonchev–Trinajstić information content (AvgIpc) is 3.14. The maximum atomic E-state index is 13.7. The zero-order chi connectivity index (χ0) is 19.9. The molecule has 1 aromatic carbocycles. The van der Waals surface area contributed by atoms with Crippen LogP contribution in [0.25, 0.3) is 0 Å². The number of hydrogen-bond donors (Lipinski definition) is 1. The Kier molecular flexibility index (Phi) is 5.16. The molecular weight excluding hydrogens is 368 g/mol. The average molecular weight is 388 g/mol. The van der Waals surface area contributed by atoms with Crippen LogP contribution in [0.2, 0.25) is 0 Å². The molecule has 0 aromatic heterocycles. The predicted octanol–water partition coefficient (Wildman–Crippen LogP) is 2.12. The number of nitrogens with two attached hydrogens (primary N) is 1. The molecule has 9 heteroatoms. The maximum absolute atomic E-state index is 13.7. The van der Waals surface area contributed by atoms with Crippen LogP contribution in [-0.4, -0.2) is 48.4 Å². The molecule has 148 valence electrons. The van der Waals surface area contributed by atoms with E-state index in [1.54, 1.807) is 0 Å². The second-order valence-electron chi connectivity index (χ2n) is 7.10. The van der Waals surface area contributed by atoms with E-state index in [1.165, 1.54) is 0 Å². The first-order valence-corrected chi connectivity index (χ1v) is 8.61. The molecule has 3 unspecified atom stereocenters. The van der Waals surface area contributed by atoms with Gasteiger partial charge in [-0.1, -0.05) is 0 Å². The number of methoxy groups -OCH3 is 1. The van der Waals surface area contributed by atoms with Crippen LogP contribution in [0.1, 0.15) is 36.3 Å². The van der Waals surface area contributed by atoms with Crippen molar-refractivity contribution in [1.29, 1.82) is 0 Å². The summed E-state index contributed by atoms with van der Waals surface area (Å²) in [6.45, 7) is -0.876. The van der Waals surface area contributed by atoms with Gasteiger partial charge in [0.2, 0.25) is 5.91 Å². The number of amides is 1. The van der Waals surface area contributed by atoms with E-state index < -0.39 is 60.4 Å². The number of halogens is 4. The number of likely N-dealkylation sites (tertiary alicyclic amines) is 1. The Morgan fingerprint density at radius 2 is 2.00 bits per heavy atom. The normalized spacial score (nSPS) is 24.6. The van der Waals surface area contributed by atoms with E-state index >= 15 is 0 Å². The van der Waals surface area contributed by atoms with Crippen LogP contribution < -0.4 is 5.73 Å². The third-order valence-corrected chi connectivity index (χ3v) is 5.30. The topological polar surface area (TPSA) is 72.6 Å². The van der Waals surface area contributed by atoms with E-state index in [9.17, 15) is 27.2 Å². The molecule has 2 aliphatic rings. The Morgan fingerprint density at radius 3 is 2.67 bits per heavy atom. The lowest BCUT2D eigenvalue weighted by atomic mass is 9.91. The number of esters is 1. The number of aryl methyl sites for hydroxylation is 1. The summed E-state index contributed by atoms with van der Waals surface area (Å²) in [5.41, 5.74) is 7.26. The monoisotopic (exact) mass is 388 g/mol. The molecule has 0 radical (unpaired) electrons. The SMILES string of the molecule is COC(=O)C1CC(F)(F)CN1C(=O)CC(N)C1CCc2cc(F)c(F)cc21. The second kappa shape index (κ2) is 7.10. The first kappa shape index (κ1) is 19.6. The Bertz CT molecular complexity index is 771. The van der Waals surface area contributed by atoms with Crippen molar-refractivity contribution in [3.63, 3.8) is 0 Å². The summed E-state index contributed by atoms with van der Waals surface area (Å²) >= 11 is 0. The third kappa shape index (κ3) is 3.78. The predicted molar refractivity (Wildman–Crippen MR) is 87.1 cm³/mol. The van der Waals surface area contributed by atoms with Crippen molar-refractivity contribution in [2.75, 3.05) is 13.7 Å². The fourth-order valence-electron chi connectivity index (χ4n) is 3.96. The lowest BCUT2D eigenvalue weighted by Gasteiger charge is -2.26. The molecule has 1 saturated heterocycles. The number of rotatable bonds is 4. The number of hydrogen-bond acceptors (Lipinski definition) is 4. The van der Waals surface area contributed by atoms with Crippen LogP contribution >= 0.6 is 0 Å². The summed E-state index contributed by atoms with van der Waals surface area (Å²) in [5, 5.41) is 0. The van der Waals surface area contributed by atoms with Crippen LogP contribution in [0.15, 0.2) is 12.1 Å². The van der Waals surface area contributed by atoms with Gasteiger partial charge in [-0.3, -0.25) is 4.79 Å². The van der Waals surface area contributed by atoms with Gasteiger partial charge in [0.25, 0.3) is 5.92 Å². The van der Waals surface area contributed by atoms with Crippen molar-refractivity contribution in [2.24, 2.45) is 5.73 Å². The molecule has 5 nitrogen and oxygen atoms in total. The zero-order valence-corrected chi connectivity index (χ0v) is 14.7. The summed E-state index contributed by atoms with van der Waals surface area (Å²) in [4.78, 5) is 25.1. The summed E-state index contributed by atoms with van der Waals surface area (Å²) in [7, 11) is 1.07. The lowest BCUT2D eigenvalue weighted by Crippen LogP contribution is -2.44. The highest BCUT2D eigenvalue weighted by atomic mass is 19.3. The van der Waals surface area contributed by atoms with Gasteiger partial charge >= 0.3 is 5.97 Å². The van der Waals surface area contributed by atoms with Gasteiger partial charge in [-0.25, -0.2) is 22.4 Å². The minimum atomic E-state index is -3.18.